The fourth-order valence-electron chi connectivity index (χ4n) is 1.99. The van der Waals surface area contributed by atoms with E-state index in [9.17, 15) is 4.79 Å². The Balaban J connectivity index is 2.35. The van der Waals surface area contributed by atoms with Crippen molar-refractivity contribution in [3.05, 3.63) is 46.0 Å². The van der Waals surface area contributed by atoms with Crippen LogP contribution < -0.4 is 5.56 Å². The second kappa shape index (κ2) is 4.20. The van der Waals surface area contributed by atoms with Crippen molar-refractivity contribution in [3.8, 4) is 11.4 Å². The number of hydrogen-bond acceptors (Lipinski definition) is 3. The molecule has 0 amide bonds. The van der Waals surface area contributed by atoms with Crippen LogP contribution in [0, 0.1) is 0 Å². The summed E-state index contributed by atoms with van der Waals surface area (Å²) in [4.78, 5) is 20.8. The van der Waals surface area contributed by atoms with Gasteiger partial charge in [-0.25, -0.2) is 9.97 Å². The molecular formula is C13H11ClN4O. The Morgan fingerprint density at radius 2 is 1.84 bits per heavy atom. The van der Waals surface area contributed by atoms with E-state index in [1.807, 2.05) is 19.2 Å². The quantitative estimate of drug-likeness (QED) is 0.682. The summed E-state index contributed by atoms with van der Waals surface area (Å²) in [6, 6.07) is 7.23. The number of fused-ring (bicyclic) bond motifs is 1. The lowest BCUT2D eigenvalue weighted by atomic mass is 10.2. The molecule has 0 aliphatic carbocycles. The van der Waals surface area contributed by atoms with Crippen LogP contribution in [0.25, 0.3) is 22.6 Å². The molecule has 19 heavy (non-hydrogen) atoms. The molecule has 0 saturated carbocycles. The molecule has 3 rings (SSSR count). The smallest absolute Gasteiger partial charge is 0.281 e. The number of aryl methyl sites for hydroxylation is 1. The van der Waals surface area contributed by atoms with Gasteiger partial charge in [-0.05, 0) is 24.3 Å². The van der Waals surface area contributed by atoms with Gasteiger partial charge in [0.2, 0.25) is 0 Å². The topological polar surface area (TPSA) is 52.7 Å². The van der Waals surface area contributed by atoms with Gasteiger partial charge in [-0.2, -0.15) is 0 Å². The van der Waals surface area contributed by atoms with E-state index in [0.717, 1.165) is 5.56 Å². The molecule has 0 atom stereocenters. The number of aromatic nitrogens is 4. The second-order valence-electron chi connectivity index (χ2n) is 4.33. The molecule has 0 saturated heterocycles. The minimum absolute atomic E-state index is 0.157. The lowest BCUT2D eigenvalue weighted by Gasteiger charge is -2.07. The molecule has 3 aromatic rings. The van der Waals surface area contributed by atoms with E-state index in [1.165, 1.54) is 4.57 Å². The molecule has 96 valence electrons. The number of hydrogen-bond donors (Lipinski definition) is 0. The molecule has 0 aliphatic heterocycles. The van der Waals surface area contributed by atoms with Crippen LogP contribution in [0.3, 0.4) is 0 Å². The van der Waals surface area contributed by atoms with Gasteiger partial charge in [0.15, 0.2) is 11.2 Å². The number of halogens is 1. The number of imidazole rings is 1. The first-order chi connectivity index (χ1) is 9.08. The monoisotopic (exact) mass is 274 g/mol. The highest BCUT2D eigenvalue weighted by molar-refractivity contribution is 6.30. The number of rotatable bonds is 1. The summed E-state index contributed by atoms with van der Waals surface area (Å²) in [6.07, 6.45) is 1.59. The van der Waals surface area contributed by atoms with Crippen molar-refractivity contribution >= 4 is 22.8 Å². The van der Waals surface area contributed by atoms with Gasteiger partial charge in [-0.3, -0.25) is 9.36 Å². The van der Waals surface area contributed by atoms with Crippen molar-refractivity contribution < 1.29 is 0 Å². The summed E-state index contributed by atoms with van der Waals surface area (Å²) < 4.78 is 3.23. The molecule has 0 N–H and O–H groups in total. The first-order valence-electron chi connectivity index (χ1n) is 5.72. The van der Waals surface area contributed by atoms with Gasteiger partial charge in [-0.1, -0.05) is 11.6 Å². The molecule has 0 aliphatic rings. The van der Waals surface area contributed by atoms with E-state index in [4.69, 9.17) is 11.6 Å². The molecular weight excluding hydrogens is 264 g/mol. The number of benzene rings is 1. The van der Waals surface area contributed by atoms with Crippen LogP contribution >= 0.6 is 11.6 Å². The fraction of sp³-hybridized carbons (Fsp3) is 0.154. The van der Waals surface area contributed by atoms with Crippen molar-refractivity contribution in [2.75, 3.05) is 0 Å². The van der Waals surface area contributed by atoms with Crippen LogP contribution in [0.15, 0.2) is 35.4 Å². The molecule has 0 fully saturated rings. The van der Waals surface area contributed by atoms with E-state index in [-0.39, 0.29) is 5.56 Å². The average Bonchev–Trinajstić information content (AvgIpc) is 2.77. The van der Waals surface area contributed by atoms with Crippen molar-refractivity contribution in [1.82, 2.24) is 19.1 Å². The highest BCUT2D eigenvalue weighted by Gasteiger charge is 2.13. The van der Waals surface area contributed by atoms with Crippen LogP contribution in [-0.2, 0) is 14.1 Å². The standard InChI is InChI=1S/C13H11ClN4O/c1-17-7-15-10-12(17)16-11(18(2)13(10)19)8-3-5-9(14)6-4-8/h3-7H,1-2H3. The molecule has 0 radical (unpaired) electrons. The van der Waals surface area contributed by atoms with Gasteiger partial charge in [0, 0.05) is 24.7 Å². The van der Waals surface area contributed by atoms with Crippen molar-refractivity contribution in [1.29, 1.82) is 0 Å². The van der Waals surface area contributed by atoms with E-state index in [2.05, 4.69) is 9.97 Å². The highest BCUT2D eigenvalue weighted by Crippen LogP contribution is 2.19. The summed E-state index contributed by atoms with van der Waals surface area (Å²) in [5.41, 5.74) is 1.64. The Kier molecular flexibility index (Phi) is 2.64. The van der Waals surface area contributed by atoms with Gasteiger partial charge in [-0.15, -0.1) is 0 Å². The van der Waals surface area contributed by atoms with Gasteiger partial charge < -0.3 is 4.57 Å². The Morgan fingerprint density at radius 3 is 2.53 bits per heavy atom. The first kappa shape index (κ1) is 11.9. The predicted molar refractivity (Wildman–Crippen MR) is 74.2 cm³/mol. The normalized spacial score (nSPS) is 11.1. The molecule has 0 bridgehead atoms. The van der Waals surface area contributed by atoms with Crippen molar-refractivity contribution in [2.24, 2.45) is 14.1 Å². The Bertz CT molecular complexity index is 817. The zero-order chi connectivity index (χ0) is 13.6. The van der Waals surface area contributed by atoms with Gasteiger partial charge in [0.1, 0.15) is 5.82 Å². The minimum atomic E-state index is -0.157. The SMILES string of the molecule is Cn1c(-c2ccc(Cl)cc2)nc2c(ncn2C)c1=O. The molecule has 5 nitrogen and oxygen atoms in total. The summed E-state index contributed by atoms with van der Waals surface area (Å²) in [6.45, 7) is 0. The maximum atomic E-state index is 12.2. The van der Waals surface area contributed by atoms with Gasteiger partial charge in [0.05, 0.1) is 6.33 Å². The number of nitrogens with zero attached hydrogens (tertiary/aromatic N) is 4. The maximum absolute atomic E-state index is 12.2. The predicted octanol–water partition coefficient (Wildman–Crippen LogP) is 1.99. The van der Waals surface area contributed by atoms with Crippen molar-refractivity contribution in [2.45, 2.75) is 0 Å². The summed E-state index contributed by atoms with van der Waals surface area (Å²) in [7, 11) is 3.50. The highest BCUT2D eigenvalue weighted by atomic mass is 35.5. The van der Waals surface area contributed by atoms with E-state index in [1.54, 1.807) is 30.1 Å². The Morgan fingerprint density at radius 1 is 1.16 bits per heavy atom. The van der Waals surface area contributed by atoms with Crippen LogP contribution in [0.5, 0.6) is 0 Å². The zero-order valence-electron chi connectivity index (χ0n) is 10.5. The van der Waals surface area contributed by atoms with E-state index in [0.29, 0.717) is 22.0 Å². The van der Waals surface area contributed by atoms with Gasteiger partial charge >= 0.3 is 0 Å². The molecule has 2 heterocycles. The van der Waals surface area contributed by atoms with E-state index < -0.39 is 0 Å². The summed E-state index contributed by atoms with van der Waals surface area (Å²) in [5, 5.41) is 0.648. The largest absolute Gasteiger partial charge is 0.318 e. The molecule has 0 unspecified atom stereocenters. The average molecular weight is 275 g/mol. The third-order valence-corrected chi connectivity index (χ3v) is 3.30. The lowest BCUT2D eigenvalue weighted by molar-refractivity contribution is 0.844. The third-order valence-electron chi connectivity index (χ3n) is 3.05. The zero-order valence-corrected chi connectivity index (χ0v) is 11.2. The first-order valence-corrected chi connectivity index (χ1v) is 6.09. The van der Waals surface area contributed by atoms with Crippen LogP contribution in [-0.4, -0.2) is 19.1 Å². The van der Waals surface area contributed by atoms with Crippen LogP contribution in [0.1, 0.15) is 0 Å². The molecule has 1 aromatic carbocycles. The molecule has 6 heteroatoms. The Hall–Kier alpha value is -2.14. The second-order valence-corrected chi connectivity index (χ2v) is 4.77. The Labute approximate surface area is 114 Å². The third kappa shape index (κ3) is 1.82. The van der Waals surface area contributed by atoms with Crippen molar-refractivity contribution in [3.63, 3.8) is 0 Å². The maximum Gasteiger partial charge on any atom is 0.281 e. The lowest BCUT2D eigenvalue weighted by Crippen LogP contribution is -2.20. The summed E-state index contributed by atoms with van der Waals surface area (Å²) >= 11 is 5.87. The minimum Gasteiger partial charge on any atom is -0.318 e. The van der Waals surface area contributed by atoms with Crippen LogP contribution in [0.4, 0.5) is 0 Å². The molecule has 2 aromatic heterocycles. The van der Waals surface area contributed by atoms with Crippen LogP contribution in [0.2, 0.25) is 5.02 Å². The van der Waals surface area contributed by atoms with Gasteiger partial charge in [0.25, 0.3) is 5.56 Å². The van der Waals surface area contributed by atoms with E-state index >= 15 is 0 Å². The fourth-order valence-corrected chi connectivity index (χ4v) is 2.12. The molecule has 0 spiro atoms. The summed E-state index contributed by atoms with van der Waals surface area (Å²) in [5.74, 6) is 0.595.